The average molecular weight is 288 g/mol. The number of amides is 1. The van der Waals surface area contributed by atoms with Crippen molar-refractivity contribution in [1.82, 2.24) is 4.90 Å². The molecule has 1 amide bonds. The van der Waals surface area contributed by atoms with Crippen molar-refractivity contribution in [1.29, 1.82) is 0 Å². The highest BCUT2D eigenvalue weighted by molar-refractivity contribution is 7.99. The molecule has 2 heterocycles. The van der Waals surface area contributed by atoms with Gasteiger partial charge >= 0.3 is 0 Å². The quantitative estimate of drug-likeness (QED) is 0.797. The minimum absolute atomic E-state index is 0.0837. The van der Waals surface area contributed by atoms with E-state index in [-0.39, 0.29) is 5.91 Å². The van der Waals surface area contributed by atoms with Crippen LogP contribution in [0.2, 0.25) is 0 Å². The van der Waals surface area contributed by atoms with Gasteiger partial charge in [0.25, 0.3) is 0 Å². The van der Waals surface area contributed by atoms with Crippen molar-refractivity contribution in [2.24, 2.45) is 5.73 Å². The lowest BCUT2D eigenvalue weighted by Gasteiger charge is -2.39. The molecule has 2 rings (SSSR count). The minimum atomic E-state index is -0.737. The highest BCUT2D eigenvalue weighted by atomic mass is 32.2. The standard InChI is InChI=1S/C13H24N2O3S/c1-17-8-5-15(11-2-9-19-10-11)12(16)13(14)3-6-18-7-4-13/h11H,2-10,14H2,1H3. The van der Waals surface area contributed by atoms with E-state index in [9.17, 15) is 4.79 Å². The first-order valence-electron chi connectivity index (χ1n) is 6.92. The van der Waals surface area contributed by atoms with Gasteiger partial charge in [0.1, 0.15) is 0 Å². The summed E-state index contributed by atoms with van der Waals surface area (Å²) in [5.74, 6) is 2.23. The molecule has 2 N–H and O–H groups in total. The maximum Gasteiger partial charge on any atom is 0.243 e. The molecule has 19 heavy (non-hydrogen) atoms. The van der Waals surface area contributed by atoms with E-state index >= 15 is 0 Å². The van der Waals surface area contributed by atoms with Gasteiger partial charge in [-0.25, -0.2) is 0 Å². The Balaban J connectivity index is 2.04. The summed E-state index contributed by atoms with van der Waals surface area (Å²) >= 11 is 1.91. The number of thioether (sulfide) groups is 1. The Morgan fingerprint density at radius 2 is 2.26 bits per heavy atom. The van der Waals surface area contributed by atoms with Crippen LogP contribution in [-0.2, 0) is 14.3 Å². The smallest absolute Gasteiger partial charge is 0.243 e. The molecular formula is C13H24N2O3S. The molecule has 1 atom stereocenters. The number of rotatable bonds is 5. The summed E-state index contributed by atoms with van der Waals surface area (Å²) in [5, 5.41) is 0. The maximum atomic E-state index is 12.8. The summed E-state index contributed by atoms with van der Waals surface area (Å²) < 4.78 is 10.5. The van der Waals surface area contributed by atoms with Gasteiger partial charge in [0.2, 0.25) is 5.91 Å². The normalized spacial score (nSPS) is 26.3. The van der Waals surface area contributed by atoms with E-state index in [1.54, 1.807) is 7.11 Å². The fourth-order valence-corrected chi connectivity index (χ4v) is 3.87. The van der Waals surface area contributed by atoms with Crippen LogP contribution in [0.25, 0.3) is 0 Å². The Kier molecular flexibility index (Phi) is 5.50. The Labute approximate surface area is 119 Å². The first kappa shape index (κ1) is 15.1. The second-order valence-corrected chi connectivity index (χ2v) is 6.43. The molecule has 0 spiro atoms. The predicted octanol–water partition coefficient (Wildman–Crippen LogP) is 0.475. The number of hydrogen-bond donors (Lipinski definition) is 1. The molecule has 1 unspecified atom stereocenters. The van der Waals surface area contributed by atoms with Crippen molar-refractivity contribution in [2.45, 2.75) is 30.8 Å². The largest absolute Gasteiger partial charge is 0.383 e. The SMILES string of the molecule is COCCN(C(=O)C1(N)CCOCC1)C1CCSC1. The van der Waals surface area contributed by atoms with E-state index in [2.05, 4.69) is 0 Å². The van der Waals surface area contributed by atoms with Crippen molar-refractivity contribution < 1.29 is 14.3 Å². The number of methoxy groups -OCH3 is 1. The first-order valence-corrected chi connectivity index (χ1v) is 8.07. The maximum absolute atomic E-state index is 12.8. The van der Waals surface area contributed by atoms with Gasteiger partial charge in [0.15, 0.2) is 0 Å². The van der Waals surface area contributed by atoms with Crippen molar-refractivity contribution in [2.75, 3.05) is 45.0 Å². The van der Waals surface area contributed by atoms with Crippen molar-refractivity contribution >= 4 is 17.7 Å². The second-order valence-electron chi connectivity index (χ2n) is 5.28. The molecule has 5 nitrogen and oxygen atoms in total. The van der Waals surface area contributed by atoms with Gasteiger partial charge in [0.05, 0.1) is 12.1 Å². The summed E-state index contributed by atoms with van der Waals surface area (Å²) in [6, 6.07) is 0.316. The highest BCUT2D eigenvalue weighted by Gasteiger charge is 2.41. The van der Waals surface area contributed by atoms with Crippen LogP contribution in [0.4, 0.5) is 0 Å². The van der Waals surface area contributed by atoms with Gasteiger partial charge in [-0.05, 0) is 25.0 Å². The third-order valence-electron chi connectivity index (χ3n) is 3.95. The van der Waals surface area contributed by atoms with Gasteiger partial charge in [-0.2, -0.15) is 11.8 Å². The fraction of sp³-hybridized carbons (Fsp3) is 0.923. The lowest BCUT2D eigenvalue weighted by Crippen LogP contribution is -2.60. The van der Waals surface area contributed by atoms with Gasteiger partial charge in [-0.15, -0.1) is 0 Å². The monoisotopic (exact) mass is 288 g/mol. The Bertz CT molecular complexity index is 302. The molecule has 2 aliphatic heterocycles. The lowest BCUT2D eigenvalue weighted by molar-refractivity contribution is -0.143. The molecule has 0 saturated carbocycles. The van der Waals surface area contributed by atoms with Crippen LogP contribution in [0.3, 0.4) is 0 Å². The van der Waals surface area contributed by atoms with Crippen molar-refractivity contribution in [3.8, 4) is 0 Å². The van der Waals surface area contributed by atoms with Crippen LogP contribution >= 0.6 is 11.8 Å². The third-order valence-corrected chi connectivity index (χ3v) is 5.10. The highest BCUT2D eigenvalue weighted by Crippen LogP contribution is 2.27. The number of hydrogen-bond acceptors (Lipinski definition) is 5. The van der Waals surface area contributed by atoms with E-state index in [1.807, 2.05) is 16.7 Å². The first-order chi connectivity index (χ1) is 9.17. The van der Waals surface area contributed by atoms with E-state index in [4.69, 9.17) is 15.2 Å². The molecule has 0 radical (unpaired) electrons. The number of carbonyl (C=O) groups is 1. The van der Waals surface area contributed by atoms with E-state index in [0.717, 1.165) is 17.9 Å². The predicted molar refractivity (Wildman–Crippen MR) is 76.3 cm³/mol. The summed E-state index contributed by atoms with van der Waals surface area (Å²) in [6.07, 6.45) is 2.30. The minimum Gasteiger partial charge on any atom is -0.383 e. The van der Waals surface area contributed by atoms with Crippen LogP contribution in [0.15, 0.2) is 0 Å². The van der Waals surface area contributed by atoms with Crippen LogP contribution in [0.5, 0.6) is 0 Å². The second kappa shape index (κ2) is 6.92. The third kappa shape index (κ3) is 3.62. The van der Waals surface area contributed by atoms with E-state index < -0.39 is 5.54 Å². The van der Waals surface area contributed by atoms with Crippen LogP contribution in [0, 0.1) is 0 Å². The molecule has 0 aliphatic carbocycles. The molecular weight excluding hydrogens is 264 g/mol. The summed E-state index contributed by atoms with van der Waals surface area (Å²) in [6.45, 7) is 2.37. The molecule has 2 saturated heterocycles. The van der Waals surface area contributed by atoms with E-state index in [1.165, 1.54) is 0 Å². The molecule has 2 aliphatic rings. The topological polar surface area (TPSA) is 64.8 Å². The van der Waals surface area contributed by atoms with Gasteiger partial charge in [-0.3, -0.25) is 4.79 Å². The number of nitrogens with zero attached hydrogens (tertiary/aromatic N) is 1. The van der Waals surface area contributed by atoms with Crippen LogP contribution in [-0.4, -0.2) is 67.4 Å². The van der Waals surface area contributed by atoms with Gasteiger partial charge < -0.3 is 20.1 Å². The zero-order chi connectivity index (χ0) is 13.7. The molecule has 0 bridgehead atoms. The van der Waals surface area contributed by atoms with Crippen molar-refractivity contribution in [3.63, 3.8) is 0 Å². The zero-order valence-corrected chi connectivity index (χ0v) is 12.4. The number of ether oxygens (including phenoxy) is 2. The average Bonchev–Trinajstić information content (AvgIpc) is 2.94. The van der Waals surface area contributed by atoms with Crippen LogP contribution < -0.4 is 5.73 Å². The Morgan fingerprint density at radius 3 is 2.84 bits per heavy atom. The zero-order valence-electron chi connectivity index (χ0n) is 11.6. The molecule has 2 fully saturated rings. The van der Waals surface area contributed by atoms with Gasteiger partial charge in [0, 0.05) is 38.7 Å². The lowest BCUT2D eigenvalue weighted by atomic mass is 9.89. The fourth-order valence-electron chi connectivity index (χ4n) is 2.64. The summed E-state index contributed by atoms with van der Waals surface area (Å²) in [7, 11) is 1.67. The molecule has 0 aromatic heterocycles. The van der Waals surface area contributed by atoms with E-state index in [0.29, 0.717) is 45.2 Å². The summed E-state index contributed by atoms with van der Waals surface area (Å²) in [4.78, 5) is 14.7. The van der Waals surface area contributed by atoms with Crippen molar-refractivity contribution in [3.05, 3.63) is 0 Å². The number of nitrogens with two attached hydrogens (primary N) is 1. The molecule has 0 aromatic carbocycles. The Hall–Kier alpha value is -0.300. The van der Waals surface area contributed by atoms with Crippen LogP contribution in [0.1, 0.15) is 19.3 Å². The summed E-state index contributed by atoms with van der Waals surface area (Å²) in [5.41, 5.74) is 5.59. The van der Waals surface area contributed by atoms with Gasteiger partial charge in [-0.1, -0.05) is 0 Å². The Morgan fingerprint density at radius 1 is 1.53 bits per heavy atom. The molecule has 6 heteroatoms. The number of carbonyl (C=O) groups excluding carboxylic acids is 1. The molecule has 0 aromatic rings. The molecule has 110 valence electrons.